The van der Waals surface area contributed by atoms with E-state index in [-0.39, 0.29) is 85.8 Å². The van der Waals surface area contributed by atoms with Crippen LogP contribution in [0.4, 0.5) is 11.4 Å². The second-order valence-electron chi connectivity index (χ2n) is 10.2. The highest BCUT2D eigenvalue weighted by Gasteiger charge is 2.38. The molecule has 0 radical (unpaired) electrons. The fourth-order valence-corrected chi connectivity index (χ4v) is 4.69. The third kappa shape index (κ3) is 8.30. The monoisotopic (exact) mass is 540 g/mol. The maximum Gasteiger partial charge on any atom is 0.237 e. The number of amides is 6. The summed E-state index contributed by atoms with van der Waals surface area (Å²) in [5, 5.41) is 5.49. The Morgan fingerprint density at radius 3 is 2.21 bits per heavy atom. The molecular weight excluding hydrogens is 504 g/mol. The highest BCUT2D eigenvalue weighted by atomic mass is 16.2. The maximum absolute atomic E-state index is 12.7. The number of likely N-dealkylation sites (tertiary alicyclic amines) is 1. The van der Waals surface area contributed by atoms with Gasteiger partial charge in [0.2, 0.25) is 35.4 Å². The molecule has 0 spiro atoms. The number of ketones is 1. The summed E-state index contributed by atoms with van der Waals surface area (Å²) < 4.78 is 0. The van der Waals surface area contributed by atoms with Gasteiger partial charge in [0.15, 0.2) is 0 Å². The number of Topliss-reactive ketones (excluding diaryl/α,β-unsaturated/α-hetero) is 1. The van der Waals surface area contributed by atoms with E-state index in [1.165, 1.54) is 0 Å². The lowest BCUT2D eigenvalue weighted by molar-refractivity contribution is -0.139. The summed E-state index contributed by atoms with van der Waals surface area (Å²) in [5.41, 5.74) is 0.928. The second kappa shape index (κ2) is 13.8. The van der Waals surface area contributed by atoms with E-state index < -0.39 is 5.92 Å². The standard InChI is InChI=1S/C28H36N4O7/c1-18-16-26(37)32(27(18)38)22-10-8-21(9-11-22)30-24(35)12-7-20-17-25(36)31(28(20)39)15-13-23(34)29-14-5-3-4-6-19(2)33/h8-11,18,20H,3-7,12-17H2,1-2H3,(H,29,34)(H,30,35). The fraction of sp³-hybridized carbons (Fsp3) is 0.536. The molecule has 39 heavy (non-hydrogen) atoms. The predicted molar refractivity (Wildman–Crippen MR) is 142 cm³/mol. The Kier molecular flexibility index (Phi) is 10.5. The lowest BCUT2D eigenvalue weighted by atomic mass is 10.0. The quantitative estimate of drug-likeness (QED) is 0.272. The Morgan fingerprint density at radius 2 is 1.56 bits per heavy atom. The molecule has 0 saturated carbocycles. The molecule has 0 bridgehead atoms. The van der Waals surface area contributed by atoms with Crippen molar-refractivity contribution in [3.8, 4) is 0 Å². The Morgan fingerprint density at radius 1 is 0.846 bits per heavy atom. The minimum Gasteiger partial charge on any atom is -0.356 e. The highest BCUT2D eigenvalue weighted by Crippen LogP contribution is 2.28. The molecule has 2 N–H and O–H groups in total. The van der Waals surface area contributed by atoms with E-state index in [2.05, 4.69) is 10.6 Å². The first-order chi connectivity index (χ1) is 18.6. The van der Waals surface area contributed by atoms with Crippen LogP contribution >= 0.6 is 0 Å². The zero-order chi connectivity index (χ0) is 28.5. The molecule has 0 aliphatic carbocycles. The smallest absolute Gasteiger partial charge is 0.237 e. The molecule has 2 saturated heterocycles. The molecule has 11 heteroatoms. The van der Waals surface area contributed by atoms with E-state index in [9.17, 15) is 33.6 Å². The zero-order valence-electron chi connectivity index (χ0n) is 22.5. The molecule has 210 valence electrons. The van der Waals surface area contributed by atoms with Crippen LogP contribution in [0.3, 0.4) is 0 Å². The molecule has 3 rings (SSSR count). The first-order valence-electron chi connectivity index (χ1n) is 13.4. The van der Waals surface area contributed by atoms with Crippen molar-refractivity contribution in [2.75, 3.05) is 23.3 Å². The van der Waals surface area contributed by atoms with Gasteiger partial charge >= 0.3 is 0 Å². The van der Waals surface area contributed by atoms with Crippen molar-refractivity contribution in [2.24, 2.45) is 11.8 Å². The number of hydrogen-bond acceptors (Lipinski definition) is 7. The highest BCUT2D eigenvalue weighted by molar-refractivity contribution is 6.20. The van der Waals surface area contributed by atoms with Gasteiger partial charge in [-0.15, -0.1) is 0 Å². The molecular formula is C28H36N4O7. The molecule has 1 aromatic rings. The van der Waals surface area contributed by atoms with Crippen LogP contribution in [0.15, 0.2) is 24.3 Å². The summed E-state index contributed by atoms with van der Waals surface area (Å²) in [6.45, 7) is 3.74. The number of unbranched alkanes of at least 4 members (excludes halogenated alkanes) is 2. The Labute approximate surface area is 227 Å². The van der Waals surface area contributed by atoms with Crippen LogP contribution in [0.25, 0.3) is 0 Å². The molecule has 2 unspecified atom stereocenters. The van der Waals surface area contributed by atoms with E-state index in [1.807, 2.05) is 0 Å². The first kappa shape index (κ1) is 29.7. The number of imide groups is 2. The van der Waals surface area contributed by atoms with Gasteiger partial charge in [-0.3, -0.25) is 38.6 Å². The van der Waals surface area contributed by atoms with Crippen molar-refractivity contribution in [3.63, 3.8) is 0 Å². The Balaban J connectivity index is 1.37. The van der Waals surface area contributed by atoms with Crippen LogP contribution in [-0.4, -0.2) is 59.2 Å². The second-order valence-corrected chi connectivity index (χ2v) is 10.2. The van der Waals surface area contributed by atoms with Gasteiger partial charge in [-0.05, 0) is 50.5 Å². The van der Waals surface area contributed by atoms with Gasteiger partial charge in [0.25, 0.3) is 0 Å². The largest absolute Gasteiger partial charge is 0.356 e. The summed E-state index contributed by atoms with van der Waals surface area (Å²) in [6, 6.07) is 6.37. The number of carbonyl (C=O) groups excluding carboxylic acids is 7. The molecule has 11 nitrogen and oxygen atoms in total. The lowest BCUT2D eigenvalue weighted by Gasteiger charge is -2.15. The molecule has 2 atom stereocenters. The van der Waals surface area contributed by atoms with Crippen molar-refractivity contribution < 1.29 is 33.6 Å². The van der Waals surface area contributed by atoms with E-state index >= 15 is 0 Å². The van der Waals surface area contributed by atoms with E-state index in [0.717, 1.165) is 29.1 Å². The van der Waals surface area contributed by atoms with E-state index in [4.69, 9.17) is 0 Å². The van der Waals surface area contributed by atoms with Crippen LogP contribution < -0.4 is 15.5 Å². The van der Waals surface area contributed by atoms with E-state index in [0.29, 0.717) is 24.3 Å². The number of carbonyl (C=O) groups is 7. The molecule has 2 aliphatic rings. The molecule has 2 fully saturated rings. The maximum atomic E-state index is 12.7. The average Bonchev–Trinajstić information content (AvgIpc) is 3.30. The molecule has 6 amide bonds. The van der Waals surface area contributed by atoms with Gasteiger partial charge in [0, 0.05) is 62.7 Å². The van der Waals surface area contributed by atoms with Crippen LogP contribution in [0.2, 0.25) is 0 Å². The van der Waals surface area contributed by atoms with Crippen molar-refractivity contribution in [1.82, 2.24) is 10.2 Å². The zero-order valence-corrected chi connectivity index (χ0v) is 22.5. The predicted octanol–water partition coefficient (Wildman–Crippen LogP) is 2.34. The molecule has 1 aromatic carbocycles. The van der Waals surface area contributed by atoms with Gasteiger partial charge in [-0.2, -0.15) is 0 Å². The number of nitrogens with one attached hydrogen (secondary N) is 2. The van der Waals surface area contributed by atoms with Gasteiger partial charge in [0.05, 0.1) is 5.69 Å². The third-order valence-corrected chi connectivity index (χ3v) is 6.93. The van der Waals surface area contributed by atoms with Crippen LogP contribution in [0, 0.1) is 11.8 Å². The van der Waals surface area contributed by atoms with Crippen molar-refractivity contribution in [2.45, 2.75) is 71.6 Å². The lowest BCUT2D eigenvalue weighted by Crippen LogP contribution is -2.35. The van der Waals surface area contributed by atoms with Crippen LogP contribution in [0.5, 0.6) is 0 Å². The first-order valence-corrected chi connectivity index (χ1v) is 13.4. The summed E-state index contributed by atoms with van der Waals surface area (Å²) in [7, 11) is 0. The molecule has 0 aromatic heterocycles. The van der Waals surface area contributed by atoms with Gasteiger partial charge in [-0.25, -0.2) is 0 Å². The fourth-order valence-electron chi connectivity index (χ4n) is 4.69. The van der Waals surface area contributed by atoms with Gasteiger partial charge < -0.3 is 15.4 Å². The van der Waals surface area contributed by atoms with Gasteiger partial charge in [-0.1, -0.05) is 13.3 Å². The summed E-state index contributed by atoms with van der Waals surface area (Å²) >= 11 is 0. The average molecular weight is 541 g/mol. The third-order valence-electron chi connectivity index (χ3n) is 6.93. The molecule has 2 aliphatic heterocycles. The number of nitrogens with zero attached hydrogens (tertiary/aromatic N) is 2. The van der Waals surface area contributed by atoms with Gasteiger partial charge in [0.1, 0.15) is 5.78 Å². The number of rotatable bonds is 14. The number of hydrogen-bond donors (Lipinski definition) is 2. The molecule has 2 heterocycles. The Bertz CT molecular complexity index is 1130. The Hall–Kier alpha value is -3.89. The topological polar surface area (TPSA) is 150 Å². The van der Waals surface area contributed by atoms with Crippen molar-refractivity contribution in [3.05, 3.63) is 24.3 Å². The minimum atomic E-state index is -0.607. The summed E-state index contributed by atoms with van der Waals surface area (Å²) in [6.07, 6.45) is 3.35. The van der Waals surface area contributed by atoms with Crippen molar-refractivity contribution >= 4 is 52.6 Å². The minimum absolute atomic E-state index is 0.00365. The summed E-state index contributed by atoms with van der Waals surface area (Å²) in [5.74, 6) is -2.61. The summed E-state index contributed by atoms with van der Waals surface area (Å²) in [4.78, 5) is 86.9. The SMILES string of the molecule is CC(=O)CCCCCNC(=O)CCN1C(=O)CC(CCC(=O)Nc2ccc(N3C(=O)CC(C)C3=O)cc2)C1=O. The number of benzene rings is 1. The van der Waals surface area contributed by atoms with Crippen molar-refractivity contribution in [1.29, 1.82) is 0 Å². The van der Waals surface area contributed by atoms with Crippen LogP contribution in [0.1, 0.15) is 71.6 Å². The normalized spacial score (nSPS) is 19.1. The van der Waals surface area contributed by atoms with Crippen LogP contribution in [-0.2, 0) is 33.6 Å². The van der Waals surface area contributed by atoms with E-state index in [1.54, 1.807) is 38.1 Å². The number of anilines is 2.